The fourth-order valence-electron chi connectivity index (χ4n) is 3.63. The van der Waals surface area contributed by atoms with Crippen molar-refractivity contribution in [2.24, 2.45) is 5.92 Å². The number of carboxylic acid groups (broad SMARTS) is 1. The number of hydrogen-bond donors (Lipinski definition) is 3. The van der Waals surface area contributed by atoms with Gasteiger partial charge in [0, 0.05) is 19.4 Å². The van der Waals surface area contributed by atoms with Crippen molar-refractivity contribution < 1.29 is 38.5 Å². The predicted molar refractivity (Wildman–Crippen MR) is 158 cm³/mol. The maximum atomic E-state index is 12.4. The maximum Gasteiger partial charge on any atom is 0.329 e. The molecule has 0 aromatic rings. The first-order valence-corrected chi connectivity index (χ1v) is 15.8. The summed E-state index contributed by atoms with van der Waals surface area (Å²) in [4.78, 5) is 46.8. The third kappa shape index (κ3) is 25.1. The summed E-state index contributed by atoms with van der Waals surface area (Å²) in [6.45, 7) is 10.3. The van der Waals surface area contributed by atoms with E-state index in [9.17, 15) is 19.2 Å². The quantitative estimate of drug-likeness (QED) is 0.105. The number of carbonyl (C=O) groups excluding carboxylic acids is 3. The Morgan fingerprint density at radius 3 is 1.93 bits per heavy atom. The first-order chi connectivity index (χ1) is 18.9. The lowest BCUT2D eigenvalue weighted by atomic mass is 10.0. The van der Waals surface area contributed by atoms with Crippen LogP contribution in [0.5, 0.6) is 0 Å². The number of rotatable bonds is 25. The SMILES string of the molecule is CC(C)C(NC(=O)CCCCCCCSCCCCCC(=O)NCCOCCOCC(=O)O)C(=O)OC(C)(C)C. The van der Waals surface area contributed by atoms with Crippen LogP contribution in [0.3, 0.4) is 0 Å². The van der Waals surface area contributed by atoms with Crippen LogP contribution in [0.1, 0.15) is 98.8 Å². The maximum absolute atomic E-state index is 12.4. The van der Waals surface area contributed by atoms with Crippen LogP contribution in [0.15, 0.2) is 0 Å². The van der Waals surface area contributed by atoms with Crippen molar-refractivity contribution in [1.29, 1.82) is 0 Å². The van der Waals surface area contributed by atoms with Crippen LogP contribution in [0.4, 0.5) is 0 Å². The average Bonchev–Trinajstić information content (AvgIpc) is 2.85. The van der Waals surface area contributed by atoms with Crippen LogP contribution in [-0.2, 0) is 33.4 Å². The van der Waals surface area contributed by atoms with Crippen molar-refractivity contribution >= 4 is 35.5 Å². The van der Waals surface area contributed by atoms with Crippen LogP contribution in [0.2, 0.25) is 0 Å². The van der Waals surface area contributed by atoms with Crippen LogP contribution >= 0.6 is 11.8 Å². The molecule has 10 nitrogen and oxygen atoms in total. The molecule has 0 radical (unpaired) electrons. The van der Waals surface area contributed by atoms with E-state index in [0.717, 1.165) is 56.5 Å². The van der Waals surface area contributed by atoms with Crippen LogP contribution < -0.4 is 10.6 Å². The second-order valence-corrected chi connectivity index (χ2v) is 12.4. The molecule has 0 saturated carbocycles. The zero-order valence-electron chi connectivity index (χ0n) is 25.4. The Labute approximate surface area is 245 Å². The topological polar surface area (TPSA) is 140 Å². The molecule has 234 valence electrons. The zero-order chi connectivity index (χ0) is 30.2. The first-order valence-electron chi connectivity index (χ1n) is 14.7. The summed E-state index contributed by atoms with van der Waals surface area (Å²) in [7, 11) is 0. The summed E-state index contributed by atoms with van der Waals surface area (Å²) < 4.78 is 15.5. The van der Waals surface area contributed by atoms with Gasteiger partial charge in [-0.05, 0) is 63.9 Å². The van der Waals surface area contributed by atoms with Gasteiger partial charge in [0.05, 0.1) is 19.8 Å². The molecule has 0 fully saturated rings. The third-order valence-corrected chi connectivity index (χ3v) is 6.85. The largest absolute Gasteiger partial charge is 0.480 e. The van der Waals surface area contributed by atoms with Crippen molar-refractivity contribution in [2.45, 2.75) is 110 Å². The van der Waals surface area contributed by atoms with Gasteiger partial charge in [-0.3, -0.25) is 9.59 Å². The molecule has 0 aliphatic rings. The van der Waals surface area contributed by atoms with Crippen molar-refractivity contribution in [1.82, 2.24) is 10.6 Å². The van der Waals surface area contributed by atoms with Gasteiger partial charge in [0.1, 0.15) is 18.2 Å². The van der Waals surface area contributed by atoms with E-state index in [1.54, 1.807) is 0 Å². The molecule has 0 aliphatic heterocycles. The predicted octanol–water partition coefficient (Wildman–Crippen LogP) is 4.34. The van der Waals surface area contributed by atoms with Gasteiger partial charge in [-0.15, -0.1) is 0 Å². The number of esters is 1. The van der Waals surface area contributed by atoms with Gasteiger partial charge < -0.3 is 30.0 Å². The molecule has 0 heterocycles. The Morgan fingerprint density at radius 2 is 1.32 bits per heavy atom. The number of amides is 2. The van der Waals surface area contributed by atoms with Gasteiger partial charge in [-0.1, -0.05) is 39.5 Å². The minimum absolute atomic E-state index is 0.0265. The molecule has 0 aromatic carbocycles. The highest BCUT2D eigenvalue weighted by Gasteiger charge is 2.28. The third-order valence-electron chi connectivity index (χ3n) is 5.70. The molecule has 11 heteroatoms. The Hall–Kier alpha value is -1.85. The van der Waals surface area contributed by atoms with E-state index in [1.807, 2.05) is 46.4 Å². The summed E-state index contributed by atoms with van der Waals surface area (Å²) in [5.74, 6) is 0.759. The molecule has 3 N–H and O–H groups in total. The number of unbranched alkanes of at least 4 members (excludes halogenated alkanes) is 6. The molecule has 1 atom stereocenters. The van der Waals surface area contributed by atoms with E-state index < -0.39 is 17.6 Å². The van der Waals surface area contributed by atoms with Crippen LogP contribution in [0, 0.1) is 5.92 Å². The molecule has 0 bridgehead atoms. The Balaban J connectivity index is 3.55. The molecule has 40 heavy (non-hydrogen) atoms. The Bertz CT molecular complexity index is 713. The molecular weight excluding hydrogens is 536 g/mol. The smallest absolute Gasteiger partial charge is 0.329 e. The Kier molecular flexibility index (Phi) is 22.7. The van der Waals surface area contributed by atoms with Crippen LogP contribution in [-0.4, -0.2) is 85.0 Å². The standard InChI is InChI=1S/C29H54N2O8S/c1-23(2)27(28(36)39-29(3,4)5)31-25(33)15-10-7-6-8-12-20-40-21-13-9-11-14-24(32)30-16-17-37-18-19-38-22-26(34)35/h23,27H,6-22H2,1-5H3,(H,30,32)(H,31,33)(H,34,35). The molecular formula is C29H54N2O8S. The van der Waals surface area contributed by atoms with Gasteiger partial charge in [0.25, 0.3) is 0 Å². The van der Waals surface area contributed by atoms with E-state index in [-0.39, 0.29) is 36.9 Å². The number of carboxylic acids is 1. The summed E-state index contributed by atoms with van der Waals surface area (Å²) in [6, 6.07) is -0.614. The highest BCUT2D eigenvalue weighted by Crippen LogP contribution is 2.14. The minimum Gasteiger partial charge on any atom is -0.480 e. The normalized spacial score (nSPS) is 12.2. The molecule has 0 aromatic heterocycles. The molecule has 0 spiro atoms. The van der Waals surface area contributed by atoms with E-state index >= 15 is 0 Å². The summed E-state index contributed by atoms with van der Waals surface area (Å²) in [6.07, 6.45) is 9.21. The fourth-order valence-corrected chi connectivity index (χ4v) is 4.65. The highest BCUT2D eigenvalue weighted by molar-refractivity contribution is 7.99. The number of carbonyl (C=O) groups is 4. The van der Waals surface area contributed by atoms with Crippen LogP contribution in [0.25, 0.3) is 0 Å². The van der Waals surface area contributed by atoms with Crippen molar-refractivity contribution in [2.75, 3.05) is 44.5 Å². The Morgan fingerprint density at radius 1 is 0.775 bits per heavy atom. The summed E-state index contributed by atoms with van der Waals surface area (Å²) >= 11 is 1.96. The van der Waals surface area contributed by atoms with Gasteiger partial charge in [0.15, 0.2) is 0 Å². The zero-order valence-corrected chi connectivity index (χ0v) is 26.2. The summed E-state index contributed by atoms with van der Waals surface area (Å²) in [5.41, 5.74) is -0.575. The average molecular weight is 591 g/mol. The summed E-state index contributed by atoms with van der Waals surface area (Å²) in [5, 5.41) is 14.1. The molecule has 0 rings (SSSR count). The van der Waals surface area contributed by atoms with E-state index in [2.05, 4.69) is 10.6 Å². The highest BCUT2D eigenvalue weighted by atomic mass is 32.2. The molecule has 0 saturated heterocycles. The van der Waals surface area contributed by atoms with E-state index in [4.69, 9.17) is 19.3 Å². The number of nitrogens with one attached hydrogen (secondary N) is 2. The first kappa shape index (κ1) is 38.1. The fraction of sp³-hybridized carbons (Fsp3) is 0.862. The number of thioether (sulfide) groups is 1. The monoisotopic (exact) mass is 590 g/mol. The lowest BCUT2D eigenvalue weighted by Crippen LogP contribution is -2.47. The van der Waals surface area contributed by atoms with Gasteiger partial charge in [-0.2, -0.15) is 11.8 Å². The van der Waals surface area contributed by atoms with Crippen molar-refractivity contribution in [3.8, 4) is 0 Å². The second kappa shape index (κ2) is 23.8. The lowest BCUT2D eigenvalue weighted by molar-refractivity contribution is -0.160. The van der Waals surface area contributed by atoms with Gasteiger partial charge in [-0.25, -0.2) is 9.59 Å². The minimum atomic E-state index is -1.01. The molecule has 0 aliphatic carbocycles. The number of aliphatic carboxylic acids is 1. The molecule has 2 amide bonds. The van der Waals surface area contributed by atoms with Gasteiger partial charge >= 0.3 is 11.9 Å². The van der Waals surface area contributed by atoms with Crippen molar-refractivity contribution in [3.63, 3.8) is 0 Å². The number of ether oxygens (including phenoxy) is 3. The van der Waals surface area contributed by atoms with Crippen molar-refractivity contribution in [3.05, 3.63) is 0 Å². The van der Waals surface area contributed by atoms with E-state index in [1.165, 1.54) is 6.42 Å². The second-order valence-electron chi connectivity index (χ2n) is 11.2. The van der Waals surface area contributed by atoms with E-state index in [0.29, 0.717) is 32.6 Å². The number of hydrogen-bond acceptors (Lipinski definition) is 8. The van der Waals surface area contributed by atoms with Gasteiger partial charge in [0.2, 0.25) is 11.8 Å². The lowest BCUT2D eigenvalue weighted by Gasteiger charge is -2.26. The molecule has 1 unspecified atom stereocenters.